The van der Waals surface area contributed by atoms with Crippen LogP contribution in [0.15, 0.2) is 23.1 Å². The van der Waals surface area contributed by atoms with Gasteiger partial charge in [0.15, 0.2) is 0 Å². The van der Waals surface area contributed by atoms with E-state index in [4.69, 9.17) is 0 Å². The lowest BCUT2D eigenvalue weighted by Gasteiger charge is -2.32. The predicted octanol–water partition coefficient (Wildman–Crippen LogP) is 2.20. The Bertz CT molecular complexity index is 740. The van der Waals surface area contributed by atoms with Crippen molar-refractivity contribution >= 4 is 11.8 Å². The van der Waals surface area contributed by atoms with Gasteiger partial charge < -0.3 is 14.8 Å². The van der Waals surface area contributed by atoms with Gasteiger partial charge in [0, 0.05) is 44.4 Å². The van der Waals surface area contributed by atoms with Crippen LogP contribution in [0.25, 0.3) is 0 Å². The average Bonchev–Trinajstić information content (AvgIpc) is 2.98. The average molecular weight is 359 g/mol. The van der Waals surface area contributed by atoms with Crippen LogP contribution in [0.1, 0.15) is 62.9 Å². The largest absolute Gasteiger partial charge is 0.356 e. The van der Waals surface area contributed by atoms with Crippen molar-refractivity contribution in [1.82, 2.24) is 14.8 Å². The number of likely N-dealkylation sites (tertiary alicyclic amines) is 1. The molecule has 0 spiro atoms. The molecule has 2 heterocycles. The van der Waals surface area contributed by atoms with Gasteiger partial charge in [0.25, 0.3) is 11.5 Å². The minimum absolute atomic E-state index is 0.00150. The van der Waals surface area contributed by atoms with Crippen molar-refractivity contribution in [3.63, 3.8) is 0 Å². The number of carbonyl (C=O) groups excluding carboxylic acids is 2. The van der Waals surface area contributed by atoms with Crippen LogP contribution in [0, 0.1) is 11.8 Å². The van der Waals surface area contributed by atoms with Crippen LogP contribution in [0.2, 0.25) is 0 Å². The standard InChI is InChI=1S/C20H29N3O3/c1-13(2)22-11-15(8-9-19(22)25)20(26)23-12-16(10-21-14(3)24)17-6-4-5-7-18(17)23/h8-9,11,13,16-18H,4-7,10,12H2,1-3H3,(H,21,24)/t16-,17-,18-/m1/s1. The molecule has 6 nitrogen and oxygen atoms in total. The van der Waals surface area contributed by atoms with Crippen LogP contribution in [-0.4, -0.2) is 40.4 Å². The topological polar surface area (TPSA) is 71.4 Å². The molecule has 0 bridgehead atoms. The van der Waals surface area contributed by atoms with E-state index in [1.807, 2.05) is 18.7 Å². The number of aromatic nitrogens is 1. The number of hydrogen-bond donors (Lipinski definition) is 1. The summed E-state index contributed by atoms with van der Waals surface area (Å²) in [5.41, 5.74) is 0.486. The molecule has 1 aromatic heterocycles. The van der Waals surface area contributed by atoms with Gasteiger partial charge in [-0.25, -0.2) is 0 Å². The van der Waals surface area contributed by atoms with Crippen LogP contribution in [0.4, 0.5) is 0 Å². The number of nitrogens with one attached hydrogen (secondary N) is 1. The SMILES string of the molecule is CC(=O)NC[C@@H]1CN(C(=O)c2ccc(=O)n(C(C)C)c2)[C@@H]2CCCC[C@H]12. The molecular weight excluding hydrogens is 330 g/mol. The van der Waals surface area contributed by atoms with Crippen molar-refractivity contribution in [2.45, 2.75) is 58.5 Å². The van der Waals surface area contributed by atoms with Crippen molar-refractivity contribution in [3.05, 3.63) is 34.2 Å². The maximum atomic E-state index is 13.2. The minimum Gasteiger partial charge on any atom is -0.356 e. The van der Waals surface area contributed by atoms with E-state index in [-0.39, 0.29) is 29.5 Å². The summed E-state index contributed by atoms with van der Waals surface area (Å²) in [6, 6.07) is 3.39. The Morgan fingerprint density at radius 2 is 1.96 bits per heavy atom. The predicted molar refractivity (Wildman–Crippen MR) is 100 cm³/mol. The quantitative estimate of drug-likeness (QED) is 0.896. The van der Waals surface area contributed by atoms with Gasteiger partial charge in [-0.05, 0) is 44.6 Å². The normalized spacial score (nSPS) is 25.2. The van der Waals surface area contributed by atoms with Gasteiger partial charge in [-0.15, -0.1) is 0 Å². The highest BCUT2D eigenvalue weighted by Crippen LogP contribution is 2.40. The van der Waals surface area contributed by atoms with Crippen molar-refractivity contribution in [2.24, 2.45) is 11.8 Å². The molecule has 6 heteroatoms. The summed E-state index contributed by atoms with van der Waals surface area (Å²) in [6.45, 7) is 6.71. The monoisotopic (exact) mass is 359 g/mol. The van der Waals surface area contributed by atoms with Gasteiger partial charge >= 0.3 is 0 Å². The van der Waals surface area contributed by atoms with E-state index < -0.39 is 0 Å². The number of carbonyl (C=O) groups is 2. The summed E-state index contributed by atoms with van der Waals surface area (Å²) < 4.78 is 1.61. The first-order chi connectivity index (χ1) is 12.4. The summed E-state index contributed by atoms with van der Waals surface area (Å²) in [7, 11) is 0. The van der Waals surface area contributed by atoms with E-state index in [1.54, 1.807) is 16.8 Å². The summed E-state index contributed by atoms with van der Waals surface area (Å²) in [5, 5.41) is 2.93. The van der Waals surface area contributed by atoms with E-state index in [0.717, 1.165) is 19.3 Å². The Kier molecular flexibility index (Phi) is 5.49. The molecular formula is C20H29N3O3. The molecule has 26 heavy (non-hydrogen) atoms. The summed E-state index contributed by atoms with van der Waals surface area (Å²) in [5.74, 6) is 0.743. The zero-order chi connectivity index (χ0) is 18.8. The number of fused-ring (bicyclic) bond motifs is 1. The van der Waals surface area contributed by atoms with Gasteiger partial charge in [0.2, 0.25) is 5.91 Å². The summed E-state index contributed by atoms with van der Waals surface area (Å²) in [4.78, 5) is 38.5. The van der Waals surface area contributed by atoms with E-state index >= 15 is 0 Å². The van der Waals surface area contributed by atoms with Crippen molar-refractivity contribution in [2.75, 3.05) is 13.1 Å². The Labute approximate surface area is 154 Å². The van der Waals surface area contributed by atoms with E-state index in [0.29, 0.717) is 30.5 Å². The highest BCUT2D eigenvalue weighted by atomic mass is 16.2. The van der Waals surface area contributed by atoms with E-state index in [9.17, 15) is 14.4 Å². The molecule has 2 fully saturated rings. The molecule has 1 aliphatic carbocycles. The molecule has 1 aromatic rings. The van der Waals surface area contributed by atoms with Crippen molar-refractivity contribution in [3.8, 4) is 0 Å². The first-order valence-electron chi connectivity index (χ1n) is 9.66. The van der Waals surface area contributed by atoms with E-state index in [1.165, 1.54) is 19.4 Å². The molecule has 1 N–H and O–H groups in total. The minimum atomic E-state index is -0.0861. The molecule has 3 atom stereocenters. The molecule has 142 valence electrons. The highest BCUT2D eigenvalue weighted by molar-refractivity contribution is 5.94. The smallest absolute Gasteiger partial charge is 0.255 e. The maximum absolute atomic E-state index is 13.2. The molecule has 0 unspecified atom stereocenters. The lowest BCUT2D eigenvalue weighted by atomic mass is 9.79. The Morgan fingerprint density at radius 3 is 2.65 bits per heavy atom. The fourth-order valence-corrected chi connectivity index (χ4v) is 4.52. The van der Waals surface area contributed by atoms with E-state index in [2.05, 4.69) is 5.32 Å². The first-order valence-corrected chi connectivity index (χ1v) is 9.66. The highest BCUT2D eigenvalue weighted by Gasteiger charge is 2.44. The second-order valence-corrected chi connectivity index (χ2v) is 7.93. The van der Waals surface area contributed by atoms with Gasteiger partial charge in [-0.2, -0.15) is 0 Å². The third kappa shape index (κ3) is 3.69. The number of hydrogen-bond acceptors (Lipinski definition) is 3. The summed E-state index contributed by atoms with van der Waals surface area (Å²) >= 11 is 0. The van der Waals surface area contributed by atoms with Crippen LogP contribution in [0.3, 0.4) is 0 Å². The number of amides is 2. The Balaban J connectivity index is 1.83. The Morgan fingerprint density at radius 1 is 1.23 bits per heavy atom. The van der Waals surface area contributed by atoms with Gasteiger partial charge in [0.05, 0.1) is 5.56 Å². The first kappa shape index (κ1) is 18.7. The van der Waals surface area contributed by atoms with Gasteiger partial charge in [-0.1, -0.05) is 12.8 Å². The Hall–Kier alpha value is -2.11. The molecule has 0 aromatic carbocycles. The van der Waals surface area contributed by atoms with Crippen molar-refractivity contribution in [1.29, 1.82) is 0 Å². The van der Waals surface area contributed by atoms with Crippen LogP contribution < -0.4 is 10.9 Å². The lowest BCUT2D eigenvalue weighted by Crippen LogP contribution is -2.39. The zero-order valence-corrected chi connectivity index (χ0v) is 15.9. The fourth-order valence-electron chi connectivity index (χ4n) is 4.52. The summed E-state index contributed by atoms with van der Waals surface area (Å²) in [6.07, 6.45) is 6.16. The fraction of sp³-hybridized carbons (Fsp3) is 0.650. The zero-order valence-electron chi connectivity index (χ0n) is 15.9. The third-order valence-electron chi connectivity index (χ3n) is 5.83. The lowest BCUT2D eigenvalue weighted by molar-refractivity contribution is -0.119. The van der Waals surface area contributed by atoms with Crippen molar-refractivity contribution < 1.29 is 9.59 Å². The number of rotatable bonds is 4. The third-order valence-corrected chi connectivity index (χ3v) is 5.83. The molecule has 3 rings (SSSR count). The second-order valence-electron chi connectivity index (χ2n) is 7.93. The molecule has 2 aliphatic rings. The van der Waals surface area contributed by atoms with Crippen LogP contribution >= 0.6 is 0 Å². The molecule has 2 amide bonds. The van der Waals surface area contributed by atoms with Crippen LogP contribution in [-0.2, 0) is 4.79 Å². The van der Waals surface area contributed by atoms with Gasteiger partial charge in [0.1, 0.15) is 0 Å². The molecule has 0 radical (unpaired) electrons. The molecule has 1 saturated carbocycles. The molecule has 1 saturated heterocycles. The second kappa shape index (κ2) is 7.64. The number of nitrogens with zero attached hydrogens (tertiary/aromatic N) is 2. The van der Waals surface area contributed by atoms with Crippen LogP contribution in [0.5, 0.6) is 0 Å². The van der Waals surface area contributed by atoms with Gasteiger partial charge in [-0.3, -0.25) is 14.4 Å². The number of pyridine rings is 1. The maximum Gasteiger partial charge on any atom is 0.255 e. The molecule has 1 aliphatic heterocycles.